The van der Waals surface area contributed by atoms with E-state index in [-0.39, 0.29) is 13.7 Å². The zero-order valence-corrected chi connectivity index (χ0v) is 24.9. The zero-order valence-electron chi connectivity index (χ0n) is 22.7. The summed E-state index contributed by atoms with van der Waals surface area (Å²) in [6, 6.07) is 36.3. The molecule has 0 aromatic heterocycles. The molecule has 6 aromatic rings. The van der Waals surface area contributed by atoms with E-state index >= 15 is 0 Å². The lowest BCUT2D eigenvalue weighted by atomic mass is 9.35. The molecule has 0 saturated heterocycles. The van der Waals surface area contributed by atoms with Crippen molar-refractivity contribution in [3.8, 4) is 44.5 Å². The van der Waals surface area contributed by atoms with Gasteiger partial charge in [0.05, 0.1) is 22.7 Å². The van der Waals surface area contributed by atoms with E-state index in [1.54, 1.807) is 0 Å². The van der Waals surface area contributed by atoms with Gasteiger partial charge in [0, 0.05) is 42.9 Å². The van der Waals surface area contributed by atoms with Crippen molar-refractivity contribution >= 4 is 97.9 Å². The second kappa shape index (κ2) is 6.95. The van der Waals surface area contributed by atoms with Crippen molar-refractivity contribution in [2.24, 2.45) is 0 Å². The summed E-state index contributed by atoms with van der Waals surface area (Å²) >= 11 is 2.54. The van der Waals surface area contributed by atoms with E-state index in [4.69, 9.17) is 5.73 Å². The van der Waals surface area contributed by atoms with Crippen molar-refractivity contribution in [1.82, 2.24) is 0 Å². The highest BCUT2D eigenvalue weighted by molar-refractivity contribution is 14.1. The van der Waals surface area contributed by atoms with Crippen LogP contribution in [0.1, 0.15) is 0 Å². The Bertz CT molecular complexity index is 2240. The number of para-hydroxylation sites is 2. The molecule has 6 aromatic carbocycles. The monoisotopic (exact) mass is 656 g/mol. The van der Waals surface area contributed by atoms with E-state index < -0.39 is 0 Å². The molecule has 0 atom stereocenters. The van der Waals surface area contributed by atoms with Gasteiger partial charge in [0.15, 0.2) is 0 Å². The van der Waals surface area contributed by atoms with Crippen molar-refractivity contribution in [1.29, 1.82) is 0 Å². The lowest BCUT2D eigenvalue weighted by molar-refractivity contribution is 1.27. The van der Waals surface area contributed by atoms with Crippen LogP contribution < -0.4 is 42.5 Å². The van der Waals surface area contributed by atoms with Gasteiger partial charge in [-0.05, 0) is 91.0 Å². The van der Waals surface area contributed by atoms with Crippen LogP contribution >= 0.6 is 22.6 Å². The fraction of sp³-hybridized carbons (Fsp3) is 0. The molecule has 6 aliphatic rings. The second-order valence-electron chi connectivity index (χ2n) is 12.4. The average Bonchev–Trinajstić information content (AvgIpc) is 3.04. The van der Waals surface area contributed by atoms with Gasteiger partial charge < -0.3 is 20.7 Å². The molecule has 0 unspecified atom stereocenters. The summed E-state index contributed by atoms with van der Waals surface area (Å²) in [5.74, 6) is 0. The highest BCUT2D eigenvalue weighted by Crippen LogP contribution is 2.60. The largest absolute Gasteiger partial charge is 0.399 e. The molecule has 0 amide bonds. The fourth-order valence-electron chi connectivity index (χ4n) is 9.30. The minimum Gasteiger partial charge on any atom is -0.399 e. The van der Waals surface area contributed by atoms with Gasteiger partial charge in [-0.15, -0.1) is 0 Å². The highest BCUT2D eigenvalue weighted by Gasteiger charge is 2.56. The van der Waals surface area contributed by atoms with Gasteiger partial charge in [-0.25, -0.2) is 0 Å². The third-order valence-electron chi connectivity index (χ3n) is 10.7. The lowest BCUT2D eigenvalue weighted by Crippen LogP contribution is -2.71. The Balaban J connectivity index is 1.36. The molecule has 196 valence electrons. The summed E-state index contributed by atoms with van der Waals surface area (Å²) in [7, 11) is 0. The number of hydrogen-bond acceptors (Lipinski definition) is 4. The van der Waals surface area contributed by atoms with Gasteiger partial charge in [-0.1, -0.05) is 72.8 Å². The van der Waals surface area contributed by atoms with Crippen LogP contribution in [0.3, 0.4) is 0 Å². The van der Waals surface area contributed by atoms with E-state index in [1.807, 2.05) is 0 Å². The number of benzene rings is 6. The van der Waals surface area contributed by atoms with Gasteiger partial charge in [0.1, 0.15) is 0 Å². The first-order valence-corrected chi connectivity index (χ1v) is 15.9. The molecule has 6 aliphatic heterocycles. The van der Waals surface area contributed by atoms with Crippen molar-refractivity contribution in [3.63, 3.8) is 0 Å². The van der Waals surface area contributed by atoms with E-state index in [9.17, 15) is 0 Å². The van der Waals surface area contributed by atoms with Crippen LogP contribution in [-0.2, 0) is 0 Å². The lowest BCUT2D eigenvalue weighted by Gasteiger charge is -2.55. The van der Waals surface area contributed by atoms with Crippen molar-refractivity contribution in [3.05, 3.63) is 101 Å². The normalized spacial score (nSPS) is 15.2. The number of rotatable bonds is 0. The molecular weight excluding hydrogens is 637 g/mol. The number of nitrogen functional groups attached to an aromatic ring is 1. The third kappa shape index (κ3) is 2.21. The van der Waals surface area contributed by atoms with Crippen molar-refractivity contribution in [2.45, 2.75) is 0 Å². The molecule has 4 nitrogen and oxygen atoms in total. The van der Waals surface area contributed by atoms with Gasteiger partial charge in [0.25, 0.3) is 0 Å². The summed E-state index contributed by atoms with van der Waals surface area (Å²) in [4.78, 5) is 5.36. The number of nitrogens with zero attached hydrogens (tertiary/aromatic N) is 2. The molecule has 0 saturated carbocycles. The first-order valence-electron chi connectivity index (χ1n) is 14.8. The summed E-state index contributed by atoms with van der Waals surface area (Å²) in [6.45, 7) is 0.0879. The molecule has 6 heterocycles. The van der Waals surface area contributed by atoms with Crippen LogP contribution in [0.15, 0.2) is 97.1 Å². The SMILES string of the molecule is Nc1cccc2c1B1c3c(I)cccc3-c3ccc4c5c3N1c1c-2ccc2c1B5N1c3c(cccc3-2)Nc2cccc-4c21. The molecule has 0 bridgehead atoms. The molecule has 3 N–H and O–H groups in total. The maximum absolute atomic E-state index is 6.95. The Kier molecular flexibility index (Phi) is 3.55. The first kappa shape index (κ1) is 22.0. The Morgan fingerprint density at radius 3 is 1.56 bits per heavy atom. The van der Waals surface area contributed by atoms with E-state index in [0.717, 1.165) is 5.69 Å². The maximum atomic E-state index is 6.95. The van der Waals surface area contributed by atoms with E-state index in [2.05, 4.69) is 135 Å². The van der Waals surface area contributed by atoms with Crippen LogP contribution in [0.2, 0.25) is 0 Å². The number of nitrogens with one attached hydrogen (secondary N) is 1. The highest BCUT2D eigenvalue weighted by atomic mass is 127. The molecule has 7 heteroatoms. The Morgan fingerprint density at radius 1 is 0.465 bits per heavy atom. The summed E-state index contributed by atoms with van der Waals surface area (Å²) in [5, 5.41) is 3.81. The zero-order chi connectivity index (χ0) is 27.9. The maximum Gasteiger partial charge on any atom is 0.333 e. The molecule has 0 fully saturated rings. The van der Waals surface area contributed by atoms with Crippen molar-refractivity contribution in [2.75, 3.05) is 20.7 Å². The summed E-state index contributed by atoms with van der Waals surface area (Å²) in [6.07, 6.45) is 0. The second-order valence-corrected chi connectivity index (χ2v) is 13.6. The molecule has 12 rings (SSSR count). The number of hydrogen-bond donors (Lipinski definition) is 2. The van der Waals surface area contributed by atoms with Crippen LogP contribution in [0.5, 0.6) is 0 Å². The number of halogens is 1. The predicted molar refractivity (Wildman–Crippen MR) is 189 cm³/mol. The molecule has 43 heavy (non-hydrogen) atoms. The standard InChI is InChI=1S/C36H19B2IN4/c39-25-9-1-5-17-23-15-13-19-21-7-3-11-27-33(21)42-34-22(8-4-12-28(34)41-27)20-14-16-24-18-6-2-10-26(40)30(18)37(29(17)25)43-35(23)31(19)38(42)32(20)36(24)43/h1-16,41H,40H2. The number of fused-ring (bicyclic) bond motifs is 8. The van der Waals surface area contributed by atoms with Gasteiger partial charge in [-0.2, -0.15) is 0 Å². The molecule has 0 radical (unpaired) electrons. The molecular formula is C36H19B2IN4. The van der Waals surface area contributed by atoms with Crippen LogP contribution in [0.25, 0.3) is 44.5 Å². The van der Waals surface area contributed by atoms with Crippen LogP contribution in [0.4, 0.5) is 39.8 Å². The quantitative estimate of drug-likeness (QED) is 0.119. The molecule has 0 spiro atoms. The third-order valence-corrected chi connectivity index (χ3v) is 11.6. The smallest absolute Gasteiger partial charge is 0.333 e. The minimum atomic E-state index is 0.00161. The van der Waals surface area contributed by atoms with E-state index in [0.29, 0.717) is 0 Å². The van der Waals surface area contributed by atoms with E-state index in [1.165, 1.54) is 104 Å². The topological polar surface area (TPSA) is 44.5 Å². The van der Waals surface area contributed by atoms with Gasteiger partial charge in [0.2, 0.25) is 0 Å². The summed E-state index contributed by atoms with van der Waals surface area (Å²) in [5.41, 5.74) is 31.3. The average molecular weight is 656 g/mol. The number of anilines is 7. The van der Waals surface area contributed by atoms with Crippen molar-refractivity contribution < 1.29 is 0 Å². The van der Waals surface area contributed by atoms with Crippen LogP contribution in [-0.4, -0.2) is 13.7 Å². The predicted octanol–water partition coefficient (Wildman–Crippen LogP) is 6.05. The van der Waals surface area contributed by atoms with Crippen LogP contribution in [0, 0.1) is 3.57 Å². The Hall–Kier alpha value is -4.62. The summed E-state index contributed by atoms with van der Waals surface area (Å²) < 4.78 is 1.28. The number of nitrogens with two attached hydrogens (primary N) is 1. The fourth-order valence-corrected chi connectivity index (χ4v) is 10.1. The van der Waals surface area contributed by atoms with Gasteiger partial charge >= 0.3 is 13.7 Å². The Morgan fingerprint density at radius 2 is 0.907 bits per heavy atom. The molecule has 0 aliphatic carbocycles. The Labute approximate surface area is 262 Å². The first-order chi connectivity index (χ1) is 21.2. The van der Waals surface area contributed by atoms with Gasteiger partial charge in [-0.3, -0.25) is 0 Å². The minimum absolute atomic E-state index is 0.00161.